The van der Waals surface area contributed by atoms with E-state index in [2.05, 4.69) is 21.8 Å². The number of ether oxygens (including phenoxy) is 2. The van der Waals surface area contributed by atoms with Gasteiger partial charge in [0.05, 0.1) is 26.8 Å². The molecule has 0 spiro atoms. The SMILES string of the molecule is Cn1nc[n+](Cc2ccccc2)c1C1OCCO1.[Br-]. The summed E-state index contributed by atoms with van der Waals surface area (Å²) in [7, 11) is 1.90. The van der Waals surface area contributed by atoms with Gasteiger partial charge in [0.2, 0.25) is 6.29 Å². The van der Waals surface area contributed by atoms with E-state index in [1.807, 2.05) is 31.6 Å². The minimum absolute atomic E-state index is 0. The van der Waals surface area contributed by atoms with Gasteiger partial charge in [-0.2, -0.15) is 0 Å². The Morgan fingerprint density at radius 1 is 1.26 bits per heavy atom. The van der Waals surface area contributed by atoms with E-state index in [1.54, 1.807) is 4.68 Å². The van der Waals surface area contributed by atoms with Crippen molar-refractivity contribution in [3.8, 4) is 0 Å². The van der Waals surface area contributed by atoms with E-state index >= 15 is 0 Å². The minimum atomic E-state index is -0.304. The molecule has 2 aromatic rings. The first kappa shape index (κ1) is 14.2. The predicted molar refractivity (Wildman–Crippen MR) is 63.6 cm³/mol. The van der Waals surface area contributed by atoms with E-state index in [0.29, 0.717) is 13.2 Å². The van der Waals surface area contributed by atoms with Crippen LogP contribution in [-0.2, 0) is 23.1 Å². The highest BCUT2D eigenvalue weighted by Crippen LogP contribution is 2.19. The summed E-state index contributed by atoms with van der Waals surface area (Å²) in [6.45, 7) is 2.05. The lowest BCUT2D eigenvalue weighted by molar-refractivity contribution is -0.702. The number of hydrogen-bond donors (Lipinski definition) is 0. The molecule has 1 aliphatic heterocycles. The number of aryl methyl sites for hydroxylation is 1. The average molecular weight is 326 g/mol. The lowest BCUT2D eigenvalue weighted by Crippen LogP contribution is -3.00. The highest BCUT2D eigenvalue weighted by molar-refractivity contribution is 5.13. The summed E-state index contributed by atoms with van der Waals surface area (Å²) >= 11 is 0. The molecule has 2 heterocycles. The minimum Gasteiger partial charge on any atom is -1.00 e. The molecule has 102 valence electrons. The highest BCUT2D eigenvalue weighted by atomic mass is 79.9. The van der Waals surface area contributed by atoms with Gasteiger partial charge in [0.1, 0.15) is 0 Å². The second-order valence-electron chi connectivity index (χ2n) is 4.30. The molecule has 0 bridgehead atoms. The zero-order valence-corrected chi connectivity index (χ0v) is 12.3. The molecule has 0 aliphatic carbocycles. The third kappa shape index (κ3) is 3.02. The highest BCUT2D eigenvalue weighted by Gasteiger charge is 2.30. The summed E-state index contributed by atoms with van der Waals surface area (Å²) in [4.78, 5) is 0. The van der Waals surface area contributed by atoms with Crippen molar-refractivity contribution in [2.24, 2.45) is 7.05 Å². The topological polar surface area (TPSA) is 40.2 Å². The van der Waals surface area contributed by atoms with Crippen LogP contribution in [0.25, 0.3) is 0 Å². The van der Waals surface area contributed by atoms with Gasteiger partial charge in [-0.3, -0.25) is 0 Å². The van der Waals surface area contributed by atoms with Crippen LogP contribution < -0.4 is 21.5 Å². The number of hydrogen-bond acceptors (Lipinski definition) is 3. The number of nitrogens with zero attached hydrogens (tertiary/aromatic N) is 3. The van der Waals surface area contributed by atoms with Crippen LogP contribution in [0, 0.1) is 0 Å². The maximum Gasteiger partial charge on any atom is 0.292 e. The summed E-state index contributed by atoms with van der Waals surface area (Å²) in [6, 6.07) is 10.3. The van der Waals surface area contributed by atoms with E-state index in [1.165, 1.54) is 5.56 Å². The molecular weight excluding hydrogens is 310 g/mol. The van der Waals surface area contributed by atoms with Gasteiger partial charge in [-0.1, -0.05) is 30.3 Å². The van der Waals surface area contributed by atoms with Crippen LogP contribution in [0.4, 0.5) is 0 Å². The first-order valence-electron chi connectivity index (χ1n) is 6.03. The van der Waals surface area contributed by atoms with Crippen molar-refractivity contribution in [2.75, 3.05) is 13.2 Å². The molecule has 0 N–H and O–H groups in total. The normalized spacial score (nSPS) is 15.4. The summed E-state index contributed by atoms with van der Waals surface area (Å²) in [5.41, 5.74) is 1.23. The largest absolute Gasteiger partial charge is 1.00 e. The Labute approximate surface area is 122 Å². The molecule has 5 nitrogen and oxygen atoms in total. The second kappa shape index (κ2) is 6.27. The van der Waals surface area contributed by atoms with Crippen molar-refractivity contribution >= 4 is 0 Å². The van der Waals surface area contributed by atoms with Gasteiger partial charge in [0, 0.05) is 5.10 Å². The Kier molecular flexibility index (Phi) is 4.68. The molecule has 19 heavy (non-hydrogen) atoms. The van der Waals surface area contributed by atoms with E-state index < -0.39 is 0 Å². The lowest BCUT2D eigenvalue weighted by Gasteiger charge is -2.08. The Bertz CT molecular complexity index is 524. The molecule has 1 saturated heterocycles. The fraction of sp³-hybridized carbons (Fsp3) is 0.385. The van der Waals surface area contributed by atoms with Crippen LogP contribution >= 0.6 is 0 Å². The summed E-state index contributed by atoms with van der Waals surface area (Å²) in [5.74, 6) is 0.941. The standard InChI is InChI=1S/C13H16N3O2.BrH/c1-15-12(13-17-7-8-18-13)16(10-14-15)9-11-5-3-2-4-6-11;/h2-6,10,13H,7-9H2,1H3;1H/q+1;/p-1. The summed E-state index contributed by atoms with van der Waals surface area (Å²) in [6.07, 6.45) is 1.51. The van der Waals surface area contributed by atoms with Crippen molar-refractivity contribution in [1.82, 2.24) is 9.78 Å². The smallest absolute Gasteiger partial charge is 0.292 e. The van der Waals surface area contributed by atoms with Crippen LogP contribution in [-0.4, -0.2) is 23.0 Å². The third-order valence-electron chi connectivity index (χ3n) is 3.02. The molecular formula is C13H16BrN3O2. The van der Waals surface area contributed by atoms with E-state index in [-0.39, 0.29) is 23.3 Å². The molecule has 0 atom stereocenters. The zero-order valence-electron chi connectivity index (χ0n) is 10.7. The van der Waals surface area contributed by atoms with Gasteiger partial charge in [-0.15, -0.1) is 4.68 Å². The molecule has 1 aromatic heterocycles. The summed E-state index contributed by atoms with van der Waals surface area (Å²) < 4.78 is 15.0. The monoisotopic (exact) mass is 325 g/mol. The van der Waals surface area contributed by atoms with Crippen molar-refractivity contribution in [2.45, 2.75) is 12.8 Å². The fourth-order valence-electron chi connectivity index (χ4n) is 2.14. The fourth-order valence-corrected chi connectivity index (χ4v) is 2.14. The zero-order chi connectivity index (χ0) is 12.4. The van der Waals surface area contributed by atoms with Crippen LogP contribution in [0.2, 0.25) is 0 Å². The van der Waals surface area contributed by atoms with E-state index in [0.717, 1.165) is 12.4 Å². The van der Waals surface area contributed by atoms with Gasteiger partial charge in [0.15, 0.2) is 0 Å². The summed E-state index contributed by atoms with van der Waals surface area (Å²) in [5, 5.41) is 4.28. The number of rotatable bonds is 3. The van der Waals surface area contributed by atoms with Gasteiger partial charge >= 0.3 is 0 Å². The van der Waals surface area contributed by atoms with Crippen LogP contribution in [0.1, 0.15) is 17.7 Å². The Morgan fingerprint density at radius 2 is 1.95 bits per heavy atom. The van der Waals surface area contributed by atoms with Crippen molar-refractivity contribution in [3.63, 3.8) is 0 Å². The Hall–Kier alpha value is -1.24. The average Bonchev–Trinajstić information content (AvgIpc) is 3.01. The molecule has 3 rings (SSSR count). The molecule has 0 amide bonds. The van der Waals surface area contributed by atoms with Crippen LogP contribution in [0.5, 0.6) is 0 Å². The lowest BCUT2D eigenvalue weighted by atomic mass is 10.2. The van der Waals surface area contributed by atoms with Crippen LogP contribution in [0.15, 0.2) is 36.7 Å². The molecule has 0 radical (unpaired) electrons. The Balaban J connectivity index is 0.00000133. The molecule has 1 aliphatic rings. The second-order valence-corrected chi connectivity index (χ2v) is 4.30. The van der Waals surface area contributed by atoms with E-state index in [4.69, 9.17) is 9.47 Å². The molecule has 0 saturated carbocycles. The maximum absolute atomic E-state index is 5.55. The van der Waals surface area contributed by atoms with Crippen molar-refractivity contribution < 1.29 is 31.0 Å². The first-order chi connectivity index (χ1) is 8.84. The van der Waals surface area contributed by atoms with Crippen molar-refractivity contribution in [1.29, 1.82) is 0 Å². The van der Waals surface area contributed by atoms with Crippen LogP contribution in [0.3, 0.4) is 0 Å². The quantitative estimate of drug-likeness (QED) is 0.602. The molecule has 1 fully saturated rings. The molecule has 6 heteroatoms. The van der Waals surface area contributed by atoms with Crippen molar-refractivity contribution in [3.05, 3.63) is 48.0 Å². The Morgan fingerprint density at radius 3 is 2.63 bits per heavy atom. The number of aromatic nitrogens is 3. The molecule has 0 unspecified atom stereocenters. The first-order valence-corrected chi connectivity index (χ1v) is 6.03. The number of benzene rings is 1. The molecule has 1 aromatic carbocycles. The van der Waals surface area contributed by atoms with Gasteiger partial charge in [-0.25, -0.2) is 4.57 Å². The third-order valence-corrected chi connectivity index (χ3v) is 3.02. The maximum atomic E-state index is 5.55. The van der Waals surface area contributed by atoms with Gasteiger partial charge < -0.3 is 26.5 Å². The predicted octanol–water partition coefficient (Wildman–Crippen LogP) is -2.19. The van der Waals surface area contributed by atoms with E-state index in [9.17, 15) is 0 Å². The van der Waals surface area contributed by atoms with Gasteiger partial charge in [0.25, 0.3) is 12.2 Å². The number of halogens is 1. The van der Waals surface area contributed by atoms with Gasteiger partial charge in [-0.05, 0) is 5.56 Å².